The van der Waals surface area contributed by atoms with Gasteiger partial charge >= 0.3 is 0 Å². The first kappa shape index (κ1) is 40.3. The van der Waals surface area contributed by atoms with Crippen LogP contribution in [0.2, 0.25) is 0 Å². The van der Waals surface area contributed by atoms with E-state index in [1.807, 2.05) is 54.9 Å². The minimum atomic E-state index is -0.399. The van der Waals surface area contributed by atoms with Crippen LogP contribution in [0.5, 0.6) is 5.88 Å². The first-order chi connectivity index (χ1) is 29.3. The summed E-state index contributed by atoms with van der Waals surface area (Å²) in [7, 11) is 1.98. The van der Waals surface area contributed by atoms with Gasteiger partial charge in [0.25, 0.3) is 16.7 Å². The van der Waals surface area contributed by atoms with Crippen molar-refractivity contribution in [2.45, 2.75) is 45.3 Å². The Morgan fingerprint density at radius 3 is 1.88 bits per heavy atom. The lowest BCUT2D eigenvalue weighted by Gasteiger charge is -2.27. The number of ether oxygens (including phenoxy) is 2. The van der Waals surface area contributed by atoms with Gasteiger partial charge in [-0.15, -0.1) is 0 Å². The molecule has 60 heavy (non-hydrogen) atoms. The molecule has 0 amide bonds. The molecule has 316 valence electrons. The quantitative estimate of drug-likeness (QED) is 0.166. The summed E-state index contributed by atoms with van der Waals surface area (Å²) in [5, 5.41) is 14.2. The van der Waals surface area contributed by atoms with Crippen molar-refractivity contribution in [1.29, 1.82) is 0 Å². The van der Waals surface area contributed by atoms with E-state index in [9.17, 15) is 19.5 Å². The Bertz CT molecular complexity index is 2550. The number of rotatable bonds is 14. The molecule has 6 aliphatic rings. The van der Waals surface area contributed by atoms with E-state index >= 15 is 0 Å². The SMILES string of the molecule is CN1C=CN(Cc2ccc(-c3cc4c(O)n(CCCN5CCOCC5)c(=O)c5c(=NCCN6CCCC6)cc6c(=O)n(CCCN7CCOCC7)c(=O)c3c-6c45)cc2)C=C1. The van der Waals surface area contributed by atoms with Crippen molar-refractivity contribution < 1.29 is 14.6 Å². The van der Waals surface area contributed by atoms with Crippen LogP contribution in [0.4, 0.5) is 0 Å². The van der Waals surface area contributed by atoms with Crippen LogP contribution in [0, 0.1) is 0 Å². The minimum Gasteiger partial charge on any atom is -0.494 e. The zero-order chi connectivity index (χ0) is 41.2. The number of aromatic nitrogens is 2. The zero-order valence-corrected chi connectivity index (χ0v) is 34.7. The molecule has 6 heterocycles. The lowest BCUT2D eigenvalue weighted by Crippen LogP contribution is -2.40. The standard InChI is InChI=1S/C46H56N8O6/c1-48-18-20-52(21-19-48)32-33-6-8-34(9-7-33)35-30-36-40-39-37(44(56)53(45(57)41(35)39)15-4-13-50-22-26-59-27-23-50)31-38(47-10-17-49-11-2-3-12-49)42(40)46(58)54(43(36)55)16-5-14-51-24-28-60-29-25-51/h6-9,18-21,30-31,55H,2-5,10-17,22-29,32H2,1H3. The van der Waals surface area contributed by atoms with Crippen molar-refractivity contribution in [1.82, 2.24) is 33.6 Å². The normalized spacial score (nSPS) is 18.7. The summed E-state index contributed by atoms with van der Waals surface area (Å²) in [6.07, 6.45) is 11.6. The molecule has 1 aliphatic carbocycles. The Kier molecular flexibility index (Phi) is 12.0. The third kappa shape index (κ3) is 8.18. The second kappa shape index (κ2) is 17.8. The predicted octanol–water partition coefficient (Wildman–Crippen LogP) is 3.16. The maximum absolute atomic E-state index is 14.9. The third-order valence-electron chi connectivity index (χ3n) is 12.7. The highest BCUT2D eigenvalue weighted by Crippen LogP contribution is 2.42. The number of likely N-dealkylation sites (tertiary alicyclic amines) is 1. The summed E-state index contributed by atoms with van der Waals surface area (Å²) in [4.78, 5) is 60.6. The molecule has 0 radical (unpaired) electrons. The maximum Gasteiger partial charge on any atom is 0.263 e. The molecule has 0 atom stereocenters. The number of benzene rings is 3. The van der Waals surface area contributed by atoms with Crippen LogP contribution in [-0.2, 0) is 29.1 Å². The van der Waals surface area contributed by atoms with Crippen LogP contribution in [0.1, 0.15) is 31.2 Å². The van der Waals surface area contributed by atoms with E-state index in [1.165, 1.54) is 9.13 Å². The lowest BCUT2D eigenvalue weighted by molar-refractivity contribution is 0.0368. The van der Waals surface area contributed by atoms with Crippen LogP contribution in [0.3, 0.4) is 0 Å². The average Bonchev–Trinajstić information content (AvgIpc) is 3.80. The summed E-state index contributed by atoms with van der Waals surface area (Å²) >= 11 is 0. The van der Waals surface area contributed by atoms with Crippen molar-refractivity contribution in [2.24, 2.45) is 4.99 Å². The van der Waals surface area contributed by atoms with E-state index in [1.54, 1.807) is 6.07 Å². The fourth-order valence-corrected chi connectivity index (χ4v) is 9.38. The van der Waals surface area contributed by atoms with Crippen molar-refractivity contribution in [2.75, 3.05) is 98.9 Å². The number of pyridine rings is 2. The topological polar surface area (TPSA) is 128 Å². The molecule has 14 nitrogen and oxygen atoms in total. The van der Waals surface area contributed by atoms with E-state index in [2.05, 4.69) is 31.7 Å². The molecule has 0 saturated carbocycles. The van der Waals surface area contributed by atoms with Crippen LogP contribution in [0.25, 0.3) is 43.8 Å². The Labute approximate surface area is 349 Å². The van der Waals surface area contributed by atoms with E-state index in [-0.39, 0.29) is 18.0 Å². The molecule has 1 N–H and O–H groups in total. The lowest BCUT2D eigenvalue weighted by atomic mass is 9.86. The fourth-order valence-electron chi connectivity index (χ4n) is 9.38. The first-order valence-electron chi connectivity index (χ1n) is 21.7. The van der Waals surface area contributed by atoms with Crippen LogP contribution >= 0.6 is 0 Å². The average molecular weight is 817 g/mol. The summed E-state index contributed by atoms with van der Waals surface area (Å²) in [5.41, 5.74) is 2.07. The van der Waals surface area contributed by atoms with Crippen LogP contribution < -0.4 is 22.0 Å². The molecule has 5 aliphatic heterocycles. The van der Waals surface area contributed by atoms with Crippen LogP contribution in [-0.4, -0.2) is 138 Å². The van der Waals surface area contributed by atoms with Gasteiger partial charge in [-0.25, -0.2) is 0 Å². The summed E-state index contributed by atoms with van der Waals surface area (Å²) in [6.45, 7) is 11.9. The molecule has 0 unspecified atom stereocenters. The Hall–Kier alpha value is -5.12. The van der Waals surface area contributed by atoms with Crippen molar-refractivity contribution in [3.05, 3.63) is 103 Å². The molecule has 0 bridgehead atoms. The second-order valence-corrected chi connectivity index (χ2v) is 16.6. The van der Waals surface area contributed by atoms with Crippen LogP contribution in [0.15, 0.2) is 80.6 Å². The minimum absolute atomic E-state index is 0.166. The number of hydrogen-bond donors (Lipinski definition) is 1. The van der Waals surface area contributed by atoms with Gasteiger partial charge in [-0.3, -0.25) is 38.3 Å². The molecular formula is C46H56N8O6. The van der Waals surface area contributed by atoms with Crippen molar-refractivity contribution in [3.8, 4) is 28.1 Å². The van der Waals surface area contributed by atoms with Gasteiger partial charge in [0.1, 0.15) is 0 Å². The van der Waals surface area contributed by atoms with E-state index in [0.29, 0.717) is 102 Å². The molecular weight excluding hydrogens is 761 g/mol. The predicted molar refractivity (Wildman–Crippen MR) is 234 cm³/mol. The summed E-state index contributed by atoms with van der Waals surface area (Å²) in [5.74, 6) is -0.166. The fraction of sp³-hybridized carbons (Fsp3) is 0.478. The van der Waals surface area contributed by atoms with Gasteiger partial charge in [0.15, 0.2) is 0 Å². The first-order valence-corrected chi connectivity index (χ1v) is 21.7. The number of aromatic hydroxyl groups is 1. The van der Waals surface area contributed by atoms with Gasteiger partial charge in [-0.2, -0.15) is 0 Å². The molecule has 1 aromatic heterocycles. The highest BCUT2D eigenvalue weighted by molar-refractivity contribution is 6.19. The molecule has 14 heteroatoms. The Morgan fingerprint density at radius 2 is 1.23 bits per heavy atom. The van der Waals surface area contributed by atoms with Crippen molar-refractivity contribution >= 4 is 21.5 Å². The third-order valence-corrected chi connectivity index (χ3v) is 12.7. The van der Waals surface area contributed by atoms with Gasteiger partial charge < -0.3 is 29.3 Å². The molecule has 3 saturated heterocycles. The number of morpholine rings is 2. The summed E-state index contributed by atoms with van der Waals surface area (Å²) < 4.78 is 13.9. The van der Waals surface area contributed by atoms with E-state index < -0.39 is 11.1 Å². The second-order valence-electron chi connectivity index (χ2n) is 16.6. The molecule has 3 fully saturated rings. The van der Waals surface area contributed by atoms with Gasteiger partial charge in [-0.05, 0) is 67.6 Å². The van der Waals surface area contributed by atoms with Gasteiger partial charge in [0.05, 0.1) is 54.7 Å². The molecule has 0 spiro atoms. The largest absolute Gasteiger partial charge is 0.494 e. The highest BCUT2D eigenvalue weighted by atomic mass is 16.5. The van der Waals surface area contributed by atoms with Gasteiger partial charge in [0.2, 0.25) is 5.88 Å². The van der Waals surface area contributed by atoms with Gasteiger partial charge in [-0.1, -0.05) is 24.3 Å². The Morgan fingerprint density at radius 1 is 0.633 bits per heavy atom. The van der Waals surface area contributed by atoms with E-state index in [4.69, 9.17) is 14.5 Å². The molecule has 9 rings (SSSR count). The smallest absolute Gasteiger partial charge is 0.263 e. The maximum atomic E-state index is 14.9. The molecule has 3 aromatic rings. The number of hydrogen-bond acceptors (Lipinski definition) is 12. The summed E-state index contributed by atoms with van der Waals surface area (Å²) in [6, 6.07) is 11.7. The zero-order valence-electron chi connectivity index (χ0n) is 34.7. The monoisotopic (exact) mass is 816 g/mol. The number of nitrogens with zero attached hydrogens (tertiary/aromatic N) is 8. The van der Waals surface area contributed by atoms with Gasteiger partial charge in [0, 0.05) is 114 Å². The molecule has 2 aromatic carbocycles. The Balaban J connectivity index is 1.21. The highest BCUT2D eigenvalue weighted by Gasteiger charge is 2.30. The van der Waals surface area contributed by atoms with E-state index in [0.717, 1.165) is 82.9 Å². The van der Waals surface area contributed by atoms with Crippen molar-refractivity contribution in [3.63, 3.8) is 0 Å².